The minimum atomic E-state index is -3.87. The molecule has 3 aromatic carbocycles. The summed E-state index contributed by atoms with van der Waals surface area (Å²) in [7, 11) is -1.99. The molecule has 4 rings (SSSR count). The van der Waals surface area contributed by atoms with Gasteiger partial charge in [-0.3, -0.25) is 9.52 Å². The van der Waals surface area contributed by atoms with Gasteiger partial charge in [0.2, 0.25) is 0 Å². The zero-order chi connectivity index (χ0) is 24.3. The Hall–Kier alpha value is -3.30. The van der Waals surface area contributed by atoms with Crippen molar-refractivity contribution in [3.8, 4) is 0 Å². The average molecular weight is 498 g/mol. The van der Waals surface area contributed by atoms with Crippen LogP contribution in [0.4, 0.5) is 10.1 Å². The van der Waals surface area contributed by atoms with Gasteiger partial charge in [0.1, 0.15) is 5.82 Å². The smallest absolute Gasteiger partial charge is 0.279 e. The average Bonchev–Trinajstić information content (AvgIpc) is 3.12. The number of thiazole rings is 1. The van der Waals surface area contributed by atoms with Gasteiger partial charge in [-0.15, -0.1) is 0 Å². The largest absolute Gasteiger partial charge is 0.319 e. The van der Waals surface area contributed by atoms with Crippen molar-refractivity contribution in [3.05, 3.63) is 88.5 Å². The Bertz CT molecular complexity index is 1500. The van der Waals surface area contributed by atoms with Crippen molar-refractivity contribution in [2.45, 2.75) is 31.1 Å². The van der Waals surface area contributed by atoms with E-state index in [1.807, 2.05) is 11.6 Å². The number of fused-ring (bicyclic) bond motifs is 1. The van der Waals surface area contributed by atoms with Gasteiger partial charge in [-0.2, -0.15) is 4.99 Å². The highest BCUT2D eigenvalue weighted by Gasteiger charge is 2.15. The molecule has 0 aliphatic carbocycles. The molecule has 0 saturated carbocycles. The van der Waals surface area contributed by atoms with Crippen LogP contribution >= 0.6 is 11.3 Å². The van der Waals surface area contributed by atoms with Crippen LogP contribution in [0.15, 0.2) is 76.6 Å². The first kappa shape index (κ1) is 23.8. The second-order valence-corrected chi connectivity index (χ2v) is 10.6. The number of hydrogen-bond donors (Lipinski definition) is 1. The second-order valence-electron chi connectivity index (χ2n) is 7.90. The van der Waals surface area contributed by atoms with E-state index in [0.717, 1.165) is 41.6 Å². The fraction of sp³-hybridized carbons (Fsp3) is 0.200. The van der Waals surface area contributed by atoms with Crippen molar-refractivity contribution in [2.24, 2.45) is 12.0 Å². The second kappa shape index (κ2) is 9.90. The Kier molecular flexibility index (Phi) is 6.95. The lowest BCUT2D eigenvalue weighted by Gasteiger charge is -2.08. The number of benzene rings is 3. The molecule has 0 spiro atoms. The maximum Gasteiger partial charge on any atom is 0.279 e. The zero-order valence-electron chi connectivity index (χ0n) is 18.8. The molecule has 1 amide bonds. The predicted octanol–water partition coefficient (Wildman–Crippen LogP) is 5.26. The lowest BCUT2D eigenvalue weighted by atomic mass is 10.1. The molecule has 0 saturated heterocycles. The molecule has 1 N–H and O–H groups in total. The van der Waals surface area contributed by atoms with E-state index in [0.29, 0.717) is 10.4 Å². The number of nitrogens with zero attached hydrogens (tertiary/aromatic N) is 2. The third kappa shape index (κ3) is 5.26. The first-order valence-corrected chi connectivity index (χ1v) is 13.1. The molecular formula is C25H24FN3O3S2. The van der Waals surface area contributed by atoms with Gasteiger partial charge in [0.25, 0.3) is 15.9 Å². The van der Waals surface area contributed by atoms with Crippen LogP contribution in [-0.2, 0) is 23.5 Å². The van der Waals surface area contributed by atoms with E-state index in [2.05, 4.69) is 34.8 Å². The molecule has 0 fully saturated rings. The summed E-state index contributed by atoms with van der Waals surface area (Å²) in [6, 6.07) is 16.9. The van der Waals surface area contributed by atoms with Crippen molar-refractivity contribution in [3.63, 3.8) is 0 Å². The molecular weight excluding hydrogens is 473 g/mol. The standard InChI is InChI=1S/C25H24FN3O3S2/c1-3-4-5-17-6-15-22-23(16-17)33-25(29(22)2)27-24(30)18-7-11-20(12-8-18)28-34(31,32)21-13-9-19(26)10-14-21/h6-16,28H,3-5H2,1-2H3. The van der Waals surface area contributed by atoms with Crippen LogP contribution in [0.1, 0.15) is 35.7 Å². The first-order chi connectivity index (χ1) is 16.3. The predicted molar refractivity (Wildman–Crippen MR) is 133 cm³/mol. The minimum Gasteiger partial charge on any atom is -0.319 e. The quantitative estimate of drug-likeness (QED) is 0.378. The number of halogens is 1. The van der Waals surface area contributed by atoms with Crippen molar-refractivity contribution in [1.29, 1.82) is 0 Å². The van der Waals surface area contributed by atoms with E-state index in [-0.39, 0.29) is 10.6 Å². The molecule has 0 radical (unpaired) electrons. The van der Waals surface area contributed by atoms with Crippen LogP contribution in [0.2, 0.25) is 0 Å². The van der Waals surface area contributed by atoms with Gasteiger partial charge < -0.3 is 4.57 Å². The maximum atomic E-state index is 13.1. The number of anilines is 1. The van der Waals surface area contributed by atoms with Crippen molar-refractivity contribution < 1.29 is 17.6 Å². The van der Waals surface area contributed by atoms with E-state index in [1.165, 1.54) is 53.3 Å². The number of rotatable bonds is 7. The van der Waals surface area contributed by atoms with Crippen LogP contribution in [0.5, 0.6) is 0 Å². The van der Waals surface area contributed by atoms with Gasteiger partial charge in [-0.1, -0.05) is 30.7 Å². The molecule has 9 heteroatoms. The number of hydrogen-bond acceptors (Lipinski definition) is 4. The summed E-state index contributed by atoms with van der Waals surface area (Å²) in [5.74, 6) is -0.934. The SMILES string of the molecule is CCCCc1ccc2c(c1)sc(=NC(=O)c1ccc(NS(=O)(=O)c3ccc(F)cc3)cc1)n2C. The summed E-state index contributed by atoms with van der Waals surface area (Å²) in [6.07, 6.45) is 3.29. The molecule has 1 heterocycles. The first-order valence-electron chi connectivity index (χ1n) is 10.8. The number of amides is 1. The van der Waals surface area contributed by atoms with Gasteiger partial charge in [0, 0.05) is 18.3 Å². The highest BCUT2D eigenvalue weighted by Crippen LogP contribution is 2.20. The monoisotopic (exact) mass is 497 g/mol. The number of carbonyl (C=O) groups excluding carboxylic acids is 1. The van der Waals surface area contributed by atoms with Gasteiger partial charge in [-0.05, 0) is 79.1 Å². The van der Waals surface area contributed by atoms with Crippen LogP contribution in [0, 0.1) is 5.82 Å². The zero-order valence-corrected chi connectivity index (χ0v) is 20.4. The van der Waals surface area contributed by atoms with Crippen molar-refractivity contribution >= 4 is 43.2 Å². The topological polar surface area (TPSA) is 80.5 Å². The van der Waals surface area contributed by atoms with Gasteiger partial charge in [0.05, 0.1) is 15.1 Å². The molecule has 1 aromatic heterocycles. The number of unbranched alkanes of at least 4 members (excludes halogenated alkanes) is 1. The normalized spacial score (nSPS) is 12.3. The van der Waals surface area contributed by atoms with E-state index in [1.54, 1.807) is 0 Å². The number of carbonyl (C=O) groups is 1. The Morgan fingerprint density at radius 1 is 1.06 bits per heavy atom. The number of aryl methyl sites for hydroxylation is 2. The summed E-state index contributed by atoms with van der Waals surface area (Å²) in [5.41, 5.74) is 2.91. The van der Waals surface area contributed by atoms with Crippen molar-refractivity contribution in [2.75, 3.05) is 4.72 Å². The van der Waals surface area contributed by atoms with E-state index in [9.17, 15) is 17.6 Å². The lowest BCUT2D eigenvalue weighted by molar-refractivity contribution is 0.0998. The fourth-order valence-electron chi connectivity index (χ4n) is 3.48. The molecule has 34 heavy (non-hydrogen) atoms. The Morgan fingerprint density at radius 2 is 1.76 bits per heavy atom. The molecule has 6 nitrogen and oxygen atoms in total. The van der Waals surface area contributed by atoms with Gasteiger partial charge in [0.15, 0.2) is 4.80 Å². The van der Waals surface area contributed by atoms with Gasteiger partial charge >= 0.3 is 0 Å². The van der Waals surface area contributed by atoms with E-state index in [4.69, 9.17) is 0 Å². The highest BCUT2D eigenvalue weighted by molar-refractivity contribution is 7.92. The minimum absolute atomic E-state index is 0.0563. The van der Waals surface area contributed by atoms with Crippen LogP contribution in [0.3, 0.4) is 0 Å². The molecule has 4 aromatic rings. The van der Waals surface area contributed by atoms with E-state index < -0.39 is 21.7 Å². The van der Waals surface area contributed by atoms with Gasteiger partial charge in [-0.25, -0.2) is 12.8 Å². The third-order valence-corrected chi connectivity index (χ3v) is 7.89. The van der Waals surface area contributed by atoms with Crippen LogP contribution in [-0.4, -0.2) is 18.9 Å². The summed E-state index contributed by atoms with van der Waals surface area (Å²) in [5, 5.41) is 0. The Labute approximate surface area is 201 Å². The third-order valence-electron chi connectivity index (χ3n) is 5.40. The molecule has 176 valence electrons. The number of sulfonamides is 1. The van der Waals surface area contributed by atoms with E-state index >= 15 is 0 Å². The van der Waals surface area contributed by atoms with Crippen LogP contribution in [0.25, 0.3) is 10.2 Å². The van der Waals surface area contributed by atoms with Crippen molar-refractivity contribution in [1.82, 2.24) is 4.57 Å². The summed E-state index contributed by atoms with van der Waals surface area (Å²) in [4.78, 5) is 17.6. The summed E-state index contributed by atoms with van der Waals surface area (Å²) < 4.78 is 43.4. The summed E-state index contributed by atoms with van der Waals surface area (Å²) in [6.45, 7) is 2.17. The highest BCUT2D eigenvalue weighted by atomic mass is 32.2. The Morgan fingerprint density at radius 3 is 2.44 bits per heavy atom. The van der Waals surface area contributed by atoms with Crippen LogP contribution < -0.4 is 9.52 Å². The molecule has 0 unspecified atom stereocenters. The lowest BCUT2D eigenvalue weighted by Crippen LogP contribution is -2.14. The fourth-order valence-corrected chi connectivity index (χ4v) is 5.62. The number of nitrogens with one attached hydrogen (secondary N) is 1. The molecule has 0 atom stereocenters. The maximum absolute atomic E-state index is 13.1. The Balaban J connectivity index is 1.54. The molecule has 0 aliphatic heterocycles. The molecule has 0 bridgehead atoms. The number of aromatic nitrogens is 1. The molecule has 0 aliphatic rings. The summed E-state index contributed by atoms with van der Waals surface area (Å²) >= 11 is 1.46.